The molecule has 1 aromatic heterocycles. The summed E-state index contributed by atoms with van der Waals surface area (Å²) in [7, 11) is 1.66. The van der Waals surface area contributed by atoms with Gasteiger partial charge >= 0.3 is 0 Å². The number of halogens is 1. The maximum absolute atomic E-state index is 14.3. The van der Waals surface area contributed by atoms with Crippen molar-refractivity contribution in [2.24, 2.45) is 0 Å². The summed E-state index contributed by atoms with van der Waals surface area (Å²) in [6.07, 6.45) is 0.646. The van der Waals surface area contributed by atoms with Crippen LogP contribution in [0.15, 0.2) is 18.2 Å². The Morgan fingerprint density at radius 3 is 2.93 bits per heavy atom. The minimum Gasteiger partial charge on any atom is -0.385 e. The van der Waals surface area contributed by atoms with Crippen molar-refractivity contribution in [2.45, 2.75) is 38.5 Å². The van der Waals surface area contributed by atoms with Crippen LogP contribution in [0.2, 0.25) is 0 Å². The Morgan fingerprint density at radius 1 is 1.40 bits per heavy atom. The normalized spacial score (nSPS) is 23.3. The van der Waals surface area contributed by atoms with Crippen molar-refractivity contribution in [2.75, 3.05) is 38.4 Å². The SMILES string of the molecule is COCCC1(C)OCc2c(N3CCOC[C@@H]3C)nc(-c3ccc(C#N)c(F)c3)nc21. The van der Waals surface area contributed by atoms with E-state index in [9.17, 15) is 4.39 Å². The highest BCUT2D eigenvalue weighted by Gasteiger charge is 2.41. The molecule has 30 heavy (non-hydrogen) atoms. The fourth-order valence-corrected chi connectivity index (χ4v) is 3.98. The molecule has 0 N–H and O–H groups in total. The number of hydrogen-bond donors (Lipinski definition) is 0. The second-order valence-corrected chi connectivity index (χ2v) is 7.88. The molecule has 0 aliphatic carbocycles. The zero-order valence-corrected chi connectivity index (χ0v) is 17.4. The van der Waals surface area contributed by atoms with Gasteiger partial charge in [-0.25, -0.2) is 14.4 Å². The number of benzene rings is 1. The summed E-state index contributed by atoms with van der Waals surface area (Å²) in [5, 5.41) is 9.03. The molecule has 1 unspecified atom stereocenters. The van der Waals surface area contributed by atoms with Crippen LogP contribution in [0.4, 0.5) is 10.2 Å². The molecule has 0 amide bonds. The van der Waals surface area contributed by atoms with Crippen molar-refractivity contribution in [3.63, 3.8) is 0 Å². The van der Waals surface area contributed by atoms with Gasteiger partial charge in [0.15, 0.2) is 5.82 Å². The average Bonchev–Trinajstić information content (AvgIpc) is 3.09. The monoisotopic (exact) mass is 412 g/mol. The van der Waals surface area contributed by atoms with Gasteiger partial charge in [-0.1, -0.05) is 0 Å². The molecule has 1 aromatic carbocycles. The molecule has 0 bridgehead atoms. The molecule has 2 aliphatic rings. The topological polar surface area (TPSA) is 80.5 Å². The first-order chi connectivity index (χ1) is 14.5. The number of ether oxygens (including phenoxy) is 3. The van der Waals surface area contributed by atoms with Crippen LogP contribution in [-0.4, -0.2) is 49.5 Å². The van der Waals surface area contributed by atoms with E-state index in [0.29, 0.717) is 50.8 Å². The Bertz CT molecular complexity index is 993. The first-order valence-corrected chi connectivity index (χ1v) is 10.1. The maximum Gasteiger partial charge on any atom is 0.162 e. The standard InChI is InChI=1S/C22H25FN4O3/c1-14-12-29-9-7-27(14)21-17-13-30-22(2,6-8-28-3)19(17)25-20(26-21)15-4-5-16(11-24)18(23)10-15/h4-5,10,14H,6-9,12-13H2,1-3H3/t14-,22?/m0/s1. The highest BCUT2D eigenvalue weighted by Crippen LogP contribution is 2.42. The Balaban J connectivity index is 1.85. The third-order valence-electron chi connectivity index (χ3n) is 5.79. The lowest BCUT2D eigenvalue weighted by molar-refractivity contribution is -0.0448. The van der Waals surface area contributed by atoms with Crippen molar-refractivity contribution in [1.82, 2.24) is 9.97 Å². The summed E-state index contributed by atoms with van der Waals surface area (Å²) in [5.41, 5.74) is 1.68. The molecule has 4 rings (SSSR count). The van der Waals surface area contributed by atoms with E-state index in [4.69, 9.17) is 29.4 Å². The second-order valence-electron chi connectivity index (χ2n) is 7.88. The summed E-state index contributed by atoms with van der Waals surface area (Å²) < 4.78 is 31.3. The van der Waals surface area contributed by atoms with Gasteiger partial charge in [-0.3, -0.25) is 0 Å². The van der Waals surface area contributed by atoms with E-state index >= 15 is 0 Å². The van der Waals surface area contributed by atoms with Gasteiger partial charge in [-0.2, -0.15) is 5.26 Å². The van der Waals surface area contributed by atoms with Crippen LogP contribution in [0.5, 0.6) is 0 Å². The zero-order valence-electron chi connectivity index (χ0n) is 17.4. The van der Waals surface area contributed by atoms with Crippen molar-refractivity contribution < 1.29 is 18.6 Å². The van der Waals surface area contributed by atoms with Crippen LogP contribution in [0.25, 0.3) is 11.4 Å². The van der Waals surface area contributed by atoms with E-state index in [0.717, 1.165) is 17.1 Å². The van der Waals surface area contributed by atoms with Gasteiger partial charge in [0.05, 0.1) is 37.1 Å². The summed E-state index contributed by atoms with van der Waals surface area (Å²) in [5.74, 6) is 0.635. The van der Waals surface area contributed by atoms with E-state index in [1.165, 1.54) is 12.1 Å². The molecule has 0 radical (unpaired) electrons. The molecule has 0 spiro atoms. The molecule has 158 valence electrons. The van der Waals surface area contributed by atoms with Gasteiger partial charge in [0.25, 0.3) is 0 Å². The van der Waals surface area contributed by atoms with E-state index in [2.05, 4.69) is 11.8 Å². The molecule has 2 aromatic rings. The van der Waals surface area contributed by atoms with E-state index in [1.54, 1.807) is 13.2 Å². The highest BCUT2D eigenvalue weighted by atomic mass is 19.1. The predicted octanol–water partition coefficient (Wildman–Crippen LogP) is 3.16. The third kappa shape index (κ3) is 3.65. The molecule has 8 heteroatoms. The fourth-order valence-electron chi connectivity index (χ4n) is 3.98. The first kappa shape index (κ1) is 20.7. The number of morpholine rings is 1. The molecule has 0 saturated carbocycles. The van der Waals surface area contributed by atoms with E-state index in [-0.39, 0.29) is 11.6 Å². The Hall–Kier alpha value is -2.60. The van der Waals surface area contributed by atoms with Gasteiger partial charge in [0, 0.05) is 37.8 Å². The van der Waals surface area contributed by atoms with Crippen molar-refractivity contribution >= 4 is 5.82 Å². The van der Waals surface area contributed by atoms with Crippen molar-refractivity contribution in [1.29, 1.82) is 5.26 Å². The number of nitrogens with zero attached hydrogens (tertiary/aromatic N) is 4. The Morgan fingerprint density at radius 2 is 2.23 bits per heavy atom. The molecular formula is C22H25FN4O3. The van der Waals surface area contributed by atoms with Crippen LogP contribution in [0.1, 0.15) is 37.1 Å². The smallest absolute Gasteiger partial charge is 0.162 e. The number of nitriles is 1. The highest BCUT2D eigenvalue weighted by molar-refractivity contribution is 5.63. The Kier molecular flexibility index (Phi) is 5.69. The molecule has 2 atom stereocenters. The number of hydrogen-bond acceptors (Lipinski definition) is 7. The van der Waals surface area contributed by atoms with Gasteiger partial charge < -0.3 is 19.1 Å². The summed E-state index contributed by atoms with van der Waals surface area (Å²) in [4.78, 5) is 11.8. The molecule has 1 fully saturated rings. The fraction of sp³-hybridized carbons (Fsp3) is 0.500. The lowest BCUT2D eigenvalue weighted by Gasteiger charge is -2.35. The number of methoxy groups -OCH3 is 1. The molecule has 7 nitrogen and oxygen atoms in total. The van der Waals surface area contributed by atoms with Crippen LogP contribution in [-0.2, 0) is 26.4 Å². The minimum absolute atomic E-state index is 0.00444. The third-order valence-corrected chi connectivity index (χ3v) is 5.79. The number of fused-ring (bicyclic) bond motifs is 1. The van der Waals surface area contributed by atoms with Gasteiger partial charge in [0.2, 0.25) is 0 Å². The molecule has 1 saturated heterocycles. The Labute approximate surface area is 175 Å². The average molecular weight is 412 g/mol. The lowest BCUT2D eigenvalue weighted by atomic mass is 9.96. The van der Waals surface area contributed by atoms with Crippen LogP contribution < -0.4 is 4.90 Å². The first-order valence-electron chi connectivity index (χ1n) is 10.1. The number of anilines is 1. The van der Waals surface area contributed by atoms with Gasteiger partial charge in [-0.05, 0) is 32.0 Å². The largest absolute Gasteiger partial charge is 0.385 e. The van der Waals surface area contributed by atoms with Crippen LogP contribution >= 0.6 is 0 Å². The van der Waals surface area contributed by atoms with Gasteiger partial charge in [0.1, 0.15) is 23.3 Å². The van der Waals surface area contributed by atoms with Gasteiger partial charge in [-0.15, -0.1) is 0 Å². The lowest BCUT2D eigenvalue weighted by Crippen LogP contribution is -2.44. The zero-order chi connectivity index (χ0) is 21.3. The van der Waals surface area contributed by atoms with Crippen LogP contribution in [0, 0.1) is 17.1 Å². The predicted molar refractivity (Wildman–Crippen MR) is 108 cm³/mol. The van der Waals surface area contributed by atoms with Crippen molar-refractivity contribution in [3.05, 3.63) is 40.8 Å². The number of rotatable bonds is 5. The molecular weight excluding hydrogens is 387 g/mol. The molecule has 3 heterocycles. The second kappa shape index (κ2) is 8.26. The maximum atomic E-state index is 14.3. The minimum atomic E-state index is -0.613. The van der Waals surface area contributed by atoms with Crippen LogP contribution in [0.3, 0.4) is 0 Å². The van der Waals surface area contributed by atoms with Crippen molar-refractivity contribution in [3.8, 4) is 17.5 Å². The summed E-state index contributed by atoms with van der Waals surface area (Å²) in [6.45, 7) is 6.98. The summed E-state index contributed by atoms with van der Waals surface area (Å²) >= 11 is 0. The van der Waals surface area contributed by atoms with E-state index < -0.39 is 11.4 Å². The quantitative estimate of drug-likeness (QED) is 0.746. The molecule has 2 aliphatic heterocycles. The number of aromatic nitrogens is 2. The van der Waals surface area contributed by atoms with E-state index in [1.807, 2.05) is 13.0 Å². The summed E-state index contributed by atoms with van der Waals surface area (Å²) in [6, 6.07) is 6.45.